The van der Waals surface area contributed by atoms with Crippen LogP contribution in [0.15, 0.2) is 81.9 Å². The van der Waals surface area contributed by atoms with E-state index >= 15 is 0 Å². The van der Waals surface area contributed by atoms with Crippen molar-refractivity contribution >= 4 is 39.3 Å². The van der Waals surface area contributed by atoms with Crippen molar-refractivity contribution in [3.8, 4) is 11.5 Å². The first-order valence-corrected chi connectivity index (χ1v) is 16.5. The Morgan fingerprint density at radius 1 is 0.978 bits per heavy atom. The zero-order valence-electron chi connectivity index (χ0n) is 25.1. The van der Waals surface area contributed by atoms with E-state index in [2.05, 4.69) is 33.0 Å². The number of nitrogens with zero attached hydrogens (tertiary/aromatic N) is 2. The Morgan fingerprint density at radius 3 is 2.47 bits per heavy atom. The van der Waals surface area contributed by atoms with E-state index in [1.807, 2.05) is 31.2 Å². The fraction of sp³-hybridized carbons (Fsp3) is 0.389. The molecule has 2 aromatic rings. The summed E-state index contributed by atoms with van der Waals surface area (Å²) < 4.78 is 5.86. The van der Waals surface area contributed by atoms with Crippen molar-refractivity contribution in [2.24, 2.45) is 17.8 Å². The SMILES string of the molecule is CCOc1cc([C@H]2C3=CC[C@@H]4C(=O)N(C5CCN(Cc6ccccc6)CC5)C(=O)[C@@H]4[C@@H]3CC3=C2C(=O)C=C(Br)C3=O)ccc1O. The molecule has 2 fully saturated rings. The lowest BCUT2D eigenvalue weighted by Crippen LogP contribution is -2.47. The number of phenols is 1. The Hall–Kier alpha value is -3.82. The molecule has 0 bridgehead atoms. The largest absolute Gasteiger partial charge is 0.504 e. The third-order valence-electron chi connectivity index (χ3n) is 10.2. The number of amides is 2. The third-order valence-corrected chi connectivity index (χ3v) is 10.7. The minimum Gasteiger partial charge on any atom is -0.504 e. The minimum absolute atomic E-state index is 0.0180. The molecule has 2 saturated heterocycles. The number of hydrogen-bond donors (Lipinski definition) is 1. The maximum atomic E-state index is 14.3. The van der Waals surface area contributed by atoms with Crippen LogP contribution in [0.5, 0.6) is 11.5 Å². The lowest BCUT2D eigenvalue weighted by molar-refractivity contribution is -0.144. The molecule has 4 atom stereocenters. The van der Waals surface area contributed by atoms with Gasteiger partial charge in [0, 0.05) is 48.8 Å². The fourth-order valence-corrected chi connectivity index (χ4v) is 8.58. The zero-order valence-corrected chi connectivity index (χ0v) is 26.7. The van der Waals surface area contributed by atoms with E-state index in [1.165, 1.54) is 17.7 Å². The molecule has 0 saturated carbocycles. The van der Waals surface area contributed by atoms with Gasteiger partial charge in [-0.1, -0.05) is 48.0 Å². The standard InChI is InChI=1S/C36H35BrN2O6/c1-2-45-30-16-21(8-11-28(30)40)31-23-9-10-24-32(25(23)17-26-33(31)29(41)18-27(37)34(26)42)36(44)39(35(24)43)22-12-14-38(15-13-22)19-20-6-4-3-5-7-20/h3-9,11,16,18,22,24-25,31-32,40H,2,10,12-15,17,19H2,1H3/t24-,25+,31-,32-/m0/s1. The molecule has 2 aliphatic heterocycles. The van der Waals surface area contributed by atoms with Crippen molar-refractivity contribution in [1.29, 1.82) is 0 Å². The van der Waals surface area contributed by atoms with Crippen molar-refractivity contribution in [3.63, 3.8) is 0 Å². The molecule has 45 heavy (non-hydrogen) atoms. The second kappa shape index (κ2) is 11.8. The normalized spacial score (nSPS) is 27.2. The highest BCUT2D eigenvalue weighted by Gasteiger charge is 2.57. The van der Waals surface area contributed by atoms with Crippen LogP contribution in [0.1, 0.15) is 49.7 Å². The molecule has 0 spiro atoms. The molecule has 7 rings (SSSR count). The summed E-state index contributed by atoms with van der Waals surface area (Å²) in [6, 6.07) is 15.1. The van der Waals surface area contributed by atoms with E-state index in [4.69, 9.17) is 4.74 Å². The first kappa shape index (κ1) is 29.9. The number of piperidine rings is 1. The van der Waals surface area contributed by atoms with E-state index in [-0.39, 0.29) is 51.8 Å². The summed E-state index contributed by atoms with van der Waals surface area (Å²) >= 11 is 3.28. The quantitative estimate of drug-likeness (QED) is 0.255. The van der Waals surface area contributed by atoms with Crippen LogP contribution < -0.4 is 4.74 Å². The summed E-state index contributed by atoms with van der Waals surface area (Å²) in [7, 11) is 0. The van der Waals surface area contributed by atoms with Gasteiger partial charge in [0.15, 0.2) is 23.1 Å². The maximum Gasteiger partial charge on any atom is 0.233 e. The average molecular weight is 672 g/mol. The monoisotopic (exact) mass is 670 g/mol. The van der Waals surface area contributed by atoms with Gasteiger partial charge in [-0.05, 0) is 77.7 Å². The number of phenolic OH excluding ortho intramolecular Hbond substituents is 1. The van der Waals surface area contributed by atoms with Crippen LogP contribution in [-0.4, -0.2) is 64.0 Å². The predicted molar refractivity (Wildman–Crippen MR) is 170 cm³/mol. The number of likely N-dealkylation sites (tertiary alicyclic amines) is 2. The molecule has 5 aliphatic rings. The maximum absolute atomic E-state index is 14.3. The summed E-state index contributed by atoms with van der Waals surface area (Å²) in [6.45, 7) is 4.61. The lowest BCUT2D eigenvalue weighted by Gasteiger charge is -2.42. The summed E-state index contributed by atoms with van der Waals surface area (Å²) in [6.07, 6.45) is 5.43. The summed E-state index contributed by atoms with van der Waals surface area (Å²) in [4.78, 5) is 59.2. The number of halogens is 1. The zero-order chi connectivity index (χ0) is 31.4. The number of fused-ring (bicyclic) bond motifs is 3. The van der Waals surface area contributed by atoms with Crippen LogP contribution in [-0.2, 0) is 25.7 Å². The summed E-state index contributed by atoms with van der Waals surface area (Å²) in [5.74, 6) is -2.59. The molecular weight excluding hydrogens is 636 g/mol. The molecule has 232 valence electrons. The van der Waals surface area contributed by atoms with Crippen LogP contribution >= 0.6 is 15.9 Å². The molecule has 8 nitrogen and oxygen atoms in total. The number of carbonyl (C=O) groups is 4. The Kier molecular flexibility index (Phi) is 7.86. The Bertz CT molecular complexity index is 1690. The minimum atomic E-state index is -0.592. The molecule has 3 aliphatic carbocycles. The van der Waals surface area contributed by atoms with Gasteiger partial charge in [0.2, 0.25) is 11.8 Å². The van der Waals surface area contributed by atoms with E-state index in [9.17, 15) is 24.3 Å². The lowest BCUT2D eigenvalue weighted by atomic mass is 9.59. The van der Waals surface area contributed by atoms with Gasteiger partial charge in [0.1, 0.15) is 0 Å². The highest BCUT2D eigenvalue weighted by molar-refractivity contribution is 9.12. The van der Waals surface area contributed by atoms with Gasteiger partial charge in [0.25, 0.3) is 0 Å². The molecule has 2 heterocycles. The molecule has 2 aromatic carbocycles. The highest BCUT2D eigenvalue weighted by atomic mass is 79.9. The predicted octanol–water partition coefficient (Wildman–Crippen LogP) is 5.22. The van der Waals surface area contributed by atoms with Gasteiger partial charge in [0.05, 0.1) is 22.9 Å². The van der Waals surface area contributed by atoms with Gasteiger partial charge >= 0.3 is 0 Å². The van der Waals surface area contributed by atoms with Gasteiger partial charge in [-0.2, -0.15) is 0 Å². The highest BCUT2D eigenvalue weighted by Crippen LogP contribution is 2.56. The second-order valence-electron chi connectivity index (χ2n) is 12.6. The Balaban J connectivity index is 1.19. The van der Waals surface area contributed by atoms with Crippen LogP contribution in [0.4, 0.5) is 0 Å². The van der Waals surface area contributed by atoms with Crippen molar-refractivity contribution in [2.75, 3.05) is 19.7 Å². The van der Waals surface area contributed by atoms with Gasteiger partial charge in [-0.25, -0.2) is 0 Å². The van der Waals surface area contributed by atoms with Crippen LogP contribution in [0.3, 0.4) is 0 Å². The first-order chi connectivity index (χ1) is 21.8. The van der Waals surface area contributed by atoms with Gasteiger partial charge in [-0.3, -0.25) is 29.0 Å². The summed E-state index contributed by atoms with van der Waals surface area (Å²) in [5, 5.41) is 10.4. The van der Waals surface area contributed by atoms with Crippen LogP contribution in [0.25, 0.3) is 0 Å². The number of allylic oxidation sites excluding steroid dienone is 6. The van der Waals surface area contributed by atoms with Crippen molar-refractivity contribution in [2.45, 2.75) is 51.1 Å². The van der Waals surface area contributed by atoms with Crippen molar-refractivity contribution in [3.05, 3.63) is 93.0 Å². The number of ether oxygens (including phenoxy) is 1. The van der Waals surface area contributed by atoms with Gasteiger partial charge < -0.3 is 9.84 Å². The number of hydrogen-bond acceptors (Lipinski definition) is 7. The molecule has 9 heteroatoms. The number of rotatable bonds is 6. The molecule has 1 N–H and O–H groups in total. The number of Topliss-reactive ketones (excluding diaryl/α,β-unsaturated/α-hetero) is 1. The smallest absolute Gasteiger partial charge is 0.233 e. The molecule has 2 amide bonds. The molecule has 0 aromatic heterocycles. The van der Waals surface area contributed by atoms with Crippen molar-refractivity contribution < 1.29 is 29.0 Å². The molecular formula is C36H35BrN2O6. The molecule has 0 unspecified atom stereocenters. The Morgan fingerprint density at radius 2 is 1.73 bits per heavy atom. The van der Waals surface area contributed by atoms with E-state index in [0.29, 0.717) is 29.7 Å². The topological polar surface area (TPSA) is 104 Å². The van der Waals surface area contributed by atoms with E-state index in [1.54, 1.807) is 17.0 Å². The Labute approximate surface area is 270 Å². The fourth-order valence-electron chi connectivity index (χ4n) is 8.13. The van der Waals surface area contributed by atoms with Crippen molar-refractivity contribution in [1.82, 2.24) is 9.80 Å². The third kappa shape index (κ3) is 5.10. The number of ketones is 2. The van der Waals surface area contributed by atoms with Crippen LogP contribution in [0.2, 0.25) is 0 Å². The number of carbonyl (C=O) groups excluding carboxylic acids is 4. The van der Waals surface area contributed by atoms with E-state index < -0.39 is 23.7 Å². The number of benzene rings is 2. The molecule has 0 radical (unpaired) electrons. The first-order valence-electron chi connectivity index (χ1n) is 15.7. The average Bonchev–Trinajstić information content (AvgIpc) is 3.30. The van der Waals surface area contributed by atoms with Gasteiger partial charge in [-0.15, -0.1) is 0 Å². The number of aromatic hydroxyl groups is 1. The summed E-state index contributed by atoms with van der Waals surface area (Å²) in [5.41, 5.74) is 3.62. The second-order valence-corrected chi connectivity index (χ2v) is 13.4. The van der Waals surface area contributed by atoms with E-state index in [0.717, 1.165) is 38.0 Å². The number of imide groups is 1. The van der Waals surface area contributed by atoms with Crippen LogP contribution in [0, 0.1) is 17.8 Å².